The van der Waals surface area contributed by atoms with Gasteiger partial charge in [-0.2, -0.15) is 5.26 Å². The molecule has 4 heteroatoms. The van der Waals surface area contributed by atoms with Crippen LogP contribution in [-0.4, -0.2) is 5.11 Å². The molecule has 2 rings (SSSR count). The quantitative estimate of drug-likeness (QED) is 0.884. The van der Waals surface area contributed by atoms with Crippen LogP contribution in [0, 0.1) is 23.0 Å². The molecule has 1 N–H and O–H groups in total. The van der Waals surface area contributed by atoms with Gasteiger partial charge in [-0.3, -0.25) is 0 Å². The highest BCUT2D eigenvalue weighted by Gasteiger charge is 2.17. The summed E-state index contributed by atoms with van der Waals surface area (Å²) < 4.78 is 26.5. The molecule has 18 heavy (non-hydrogen) atoms. The maximum Gasteiger partial charge on any atom is 0.164 e. The molecule has 90 valence electrons. The fourth-order valence-electron chi connectivity index (χ4n) is 1.65. The van der Waals surface area contributed by atoms with Crippen molar-refractivity contribution in [1.29, 1.82) is 5.26 Å². The molecular weight excluding hydrogens is 236 g/mol. The first-order valence-corrected chi connectivity index (χ1v) is 5.25. The number of benzene rings is 2. The molecule has 0 aromatic heterocycles. The number of hydrogen-bond donors (Lipinski definition) is 1. The minimum absolute atomic E-state index is 0.125. The first-order valence-electron chi connectivity index (χ1n) is 5.25. The standard InChI is InChI=1S/C14H9F2NO/c15-12-3-1-2-11(13(12)16)14(18)10-6-4-9(8-17)5-7-10/h1-7,14,18H. The molecule has 1 atom stereocenters. The zero-order chi connectivity index (χ0) is 13.1. The van der Waals surface area contributed by atoms with Crippen molar-refractivity contribution in [3.05, 3.63) is 70.8 Å². The Hall–Kier alpha value is -2.25. The van der Waals surface area contributed by atoms with Crippen molar-refractivity contribution in [2.75, 3.05) is 0 Å². The van der Waals surface area contributed by atoms with E-state index in [9.17, 15) is 13.9 Å². The summed E-state index contributed by atoms with van der Waals surface area (Å²) in [6.45, 7) is 0. The van der Waals surface area contributed by atoms with Gasteiger partial charge < -0.3 is 5.11 Å². The Labute approximate surface area is 103 Å². The molecule has 1 unspecified atom stereocenters. The minimum Gasteiger partial charge on any atom is -0.384 e. The summed E-state index contributed by atoms with van der Waals surface area (Å²) in [5.74, 6) is -2.06. The second kappa shape index (κ2) is 4.94. The molecule has 2 aromatic carbocycles. The van der Waals surface area contributed by atoms with E-state index >= 15 is 0 Å². The second-order valence-corrected chi connectivity index (χ2v) is 3.78. The van der Waals surface area contributed by atoms with Crippen LogP contribution in [0.1, 0.15) is 22.8 Å². The third-order valence-corrected chi connectivity index (χ3v) is 2.63. The molecule has 2 aromatic rings. The maximum atomic E-state index is 13.5. The van der Waals surface area contributed by atoms with Crippen molar-refractivity contribution in [1.82, 2.24) is 0 Å². The molecule has 0 amide bonds. The fraction of sp³-hybridized carbons (Fsp3) is 0.0714. The number of nitriles is 1. The van der Waals surface area contributed by atoms with Gasteiger partial charge in [0, 0.05) is 5.56 Å². The summed E-state index contributed by atoms with van der Waals surface area (Å²) in [5, 5.41) is 18.6. The van der Waals surface area contributed by atoms with Crippen molar-refractivity contribution in [2.24, 2.45) is 0 Å². The Kier molecular flexibility index (Phi) is 3.35. The van der Waals surface area contributed by atoms with Gasteiger partial charge in [-0.05, 0) is 23.8 Å². The van der Waals surface area contributed by atoms with Crippen LogP contribution in [0.5, 0.6) is 0 Å². The lowest BCUT2D eigenvalue weighted by atomic mass is 10.00. The molecule has 0 bridgehead atoms. The molecule has 2 nitrogen and oxygen atoms in total. The smallest absolute Gasteiger partial charge is 0.164 e. The Morgan fingerprint density at radius 2 is 1.72 bits per heavy atom. The van der Waals surface area contributed by atoms with Gasteiger partial charge in [0.1, 0.15) is 6.10 Å². The Bertz CT molecular complexity index is 602. The van der Waals surface area contributed by atoms with E-state index in [0.29, 0.717) is 11.1 Å². The van der Waals surface area contributed by atoms with E-state index in [2.05, 4.69) is 0 Å². The molecule has 0 radical (unpaired) electrons. The molecule has 0 heterocycles. The van der Waals surface area contributed by atoms with Gasteiger partial charge in [-0.25, -0.2) is 8.78 Å². The van der Waals surface area contributed by atoms with Crippen LogP contribution >= 0.6 is 0 Å². The Morgan fingerprint density at radius 3 is 2.33 bits per heavy atom. The first-order chi connectivity index (χ1) is 8.63. The van der Waals surface area contributed by atoms with Gasteiger partial charge in [-0.1, -0.05) is 24.3 Å². The Morgan fingerprint density at radius 1 is 1.06 bits per heavy atom. The SMILES string of the molecule is N#Cc1ccc(C(O)c2cccc(F)c2F)cc1. The summed E-state index contributed by atoms with van der Waals surface area (Å²) in [5.41, 5.74) is 0.712. The monoisotopic (exact) mass is 245 g/mol. The third-order valence-electron chi connectivity index (χ3n) is 2.63. The topological polar surface area (TPSA) is 44.0 Å². The molecule has 0 aliphatic rings. The zero-order valence-electron chi connectivity index (χ0n) is 9.27. The van der Waals surface area contributed by atoms with Crippen LogP contribution in [0.3, 0.4) is 0 Å². The Balaban J connectivity index is 2.38. The number of hydrogen-bond acceptors (Lipinski definition) is 2. The molecule has 0 saturated heterocycles. The number of aliphatic hydroxyl groups is 1. The molecule has 0 saturated carbocycles. The maximum absolute atomic E-state index is 13.5. The van der Waals surface area contributed by atoms with Crippen molar-refractivity contribution in [3.63, 3.8) is 0 Å². The predicted octanol–water partition coefficient (Wildman–Crippen LogP) is 2.92. The molecule has 0 aliphatic heterocycles. The predicted molar refractivity (Wildman–Crippen MR) is 61.6 cm³/mol. The molecule has 0 spiro atoms. The van der Waals surface area contributed by atoms with Crippen LogP contribution < -0.4 is 0 Å². The van der Waals surface area contributed by atoms with Crippen LogP contribution in [0.2, 0.25) is 0 Å². The highest BCUT2D eigenvalue weighted by molar-refractivity contribution is 5.36. The number of nitrogens with zero attached hydrogens (tertiary/aromatic N) is 1. The van der Waals surface area contributed by atoms with E-state index in [1.165, 1.54) is 36.4 Å². The van der Waals surface area contributed by atoms with E-state index in [-0.39, 0.29) is 5.56 Å². The summed E-state index contributed by atoms with van der Waals surface area (Å²) in [6, 6.07) is 11.6. The fourth-order valence-corrected chi connectivity index (χ4v) is 1.65. The van der Waals surface area contributed by atoms with E-state index in [4.69, 9.17) is 5.26 Å². The summed E-state index contributed by atoms with van der Waals surface area (Å²) in [6.07, 6.45) is -1.26. The summed E-state index contributed by atoms with van der Waals surface area (Å²) in [7, 11) is 0. The van der Waals surface area contributed by atoms with Crippen LogP contribution in [0.4, 0.5) is 8.78 Å². The van der Waals surface area contributed by atoms with Crippen LogP contribution in [0.25, 0.3) is 0 Å². The van der Waals surface area contributed by atoms with Gasteiger partial charge in [0.05, 0.1) is 11.6 Å². The molecule has 0 fully saturated rings. The minimum atomic E-state index is -1.26. The summed E-state index contributed by atoms with van der Waals surface area (Å²) in [4.78, 5) is 0. The molecular formula is C14H9F2NO. The largest absolute Gasteiger partial charge is 0.384 e. The first kappa shape index (κ1) is 12.2. The van der Waals surface area contributed by atoms with Gasteiger partial charge in [0.2, 0.25) is 0 Å². The van der Waals surface area contributed by atoms with Gasteiger partial charge in [0.15, 0.2) is 11.6 Å². The zero-order valence-corrected chi connectivity index (χ0v) is 9.27. The van der Waals surface area contributed by atoms with Gasteiger partial charge in [0.25, 0.3) is 0 Å². The second-order valence-electron chi connectivity index (χ2n) is 3.78. The highest BCUT2D eigenvalue weighted by Crippen LogP contribution is 2.25. The van der Waals surface area contributed by atoms with Crippen LogP contribution in [-0.2, 0) is 0 Å². The van der Waals surface area contributed by atoms with Gasteiger partial charge in [-0.15, -0.1) is 0 Å². The number of aliphatic hydroxyl groups excluding tert-OH is 1. The van der Waals surface area contributed by atoms with E-state index < -0.39 is 17.7 Å². The lowest BCUT2D eigenvalue weighted by Gasteiger charge is -2.12. The average Bonchev–Trinajstić information content (AvgIpc) is 2.41. The number of halogens is 2. The third kappa shape index (κ3) is 2.22. The van der Waals surface area contributed by atoms with Crippen molar-refractivity contribution in [3.8, 4) is 6.07 Å². The lowest BCUT2D eigenvalue weighted by Crippen LogP contribution is -2.04. The van der Waals surface area contributed by atoms with Crippen molar-refractivity contribution in [2.45, 2.75) is 6.10 Å². The van der Waals surface area contributed by atoms with Crippen molar-refractivity contribution < 1.29 is 13.9 Å². The molecule has 0 aliphatic carbocycles. The summed E-state index contributed by atoms with van der Waals surface area (Å²) >= 11 is 0. The highest BCUT2D eigenvalue weighted by atomic mass is 19.2. The van der Waals surface area contributed by atoms with E-state index in [1.807, 2.05) is 6.07 Å². The lowest BCUT2D eigenvalue weighted by molar-refractivity contribution is 0.213. The van der Waals surface area contributed by atoms with E-state index in [1.54, 1.807) is 0 Å². The van der Waals surface area contributed by atoms with Gasteiger partial charge >= 0.3 is 0 Å². The normalized spacial score (nSPS) is 11.9. The van der Waals surface area contributed by atoms with Crippen LogP contribution in [0.15, 0.2) is 42.5 Å². The number of rotatable bonds is 2. The van der Waals surface area contributed by atoms with Crippen molar-refractivity contribution >= 4 is 0 Å². The average molecular weight is 245 g/mol. The van der Waals surface area contributed by atoms with E-state index in [0.717, 1.165) is 6.07 Å².